The van der Waals surface area contributed by atoms with Crippen molar-refractivity contribution in [3.8, 4) is 11.8 Å². The van der Waals surface area contributed by atoms with Gasteiger partial charge in [0.1, 0.15) is 0 Å². The molecule has 12 heavy (non-hydrogen) atoms. The van der Waals surface area contributed by atoms with Crippen molar-refractivity contribution in [2.24, 2.45) is 0 Å². The highest BCUT2D eigenvalue weighted by atomic mass is 19.4. The minimum absolute atomic E-state index is 0.950. The molecule has 0 aromatic heterocycles. The van der Waals surface area contributed by atoms with Gasteiger partial charge in [-0.2, -0.15) is 22.0 Å². The molecule has 0 aromatic carbocycles. The quantitative estimate of drug-likeness (QED) is 0.439. The van der Waals surface area contributed by atoms with E-state index in [1.807, 2.05) is 0 Å². The Morgan fingerprint density at radius 2 is 1.50 bits per heavy atom. The van der Waals surface area contributed by atoms with Gasteiger partial charge in [0.25, 0.3) is 6.17 Å². The second-order valence-electron chi connectivity index (χ2n) is 1.76. The summed E-state index contributed by atoms with van der Waals surface area (Å²) in [4.78, 5) is 0. The maximum Gasteiger partial charge on any atom is 0.458 e. The van der Waals surface area contributed by atoms with Gasteiger partial charge in [-0.3, -0.25) is 0 Å². The highest BCUT2D eigenvalue weighted by molar-refractivity contribution is 5.22. The lowest BCUT2D eigenvalue weighted by atomic mass is 10.2. The van der Waals surface area contributed by atoms with Gasteiger partial charge in [-0.05, 0) is 6.92 Å². The van der Waals surface area contributed by atoms with Crippen molar-refractivity contribution in [3.63, 3.8) is 0 Å². The van der Waals surface area contributed by atoms with Crippen molar-refractivity contribution in [2.45, 2.75) is 19.0 Å². The Balaban J connectivity index is 4.69. The third-order valence-corrected chi connectivity index (χ3v) is 0.866. The maximum absolute atomic E-state index is 12.0. The zero-order valence-corrected chi connectivity index (χ0v) is 5.77. The Hall–Kier alpha value is -0.860. The first-order chi connectivity index (χ1) is 5.23. The Bertz CT molecular complexity index is 204. The summed E-state index contributed by atoms with van der Waals surface area (Å²) >= 11 is 0. The first-order valence-electron chi connectivity index (χ1n) is 2.63. The van der Waals surface area contributed by atoms with Crippen LogP contribution in [0.4, 0.5) is 26.3 Å². The van der Waals surface area contributed by atoms with Crippen LogP contribution in [0.5, 0.6) is 0 Å². The summed E-state index contributed by atoms with van der Waals surface area (Å²) in [6.45, 7) is 0.950. The van der Waals surface area contributed by atoms with Crippen LogP contribution in [0, 0.1) is 18.0 Å². The number of alkyl halides is 5. The lowest BCUT2D eigenvalue weighted by Crippen LogP contribution is -2.40. The maximum atomic E-state index is 12.0. The molecule has 69 valence electrons. The Morgan fingerprint density at radius 1 is 1.08 bits per heavy atom. The van der Waals surface area contributed by atoms with Crippen LogP contribution < -0.4 is 0 Å². The first kappa shape index (κ1) is 11.1. The van der Waals surface area contributed by atoms with Gasteiger partial charge in [0.2, 0.25) is 0 Å². The van der Waals surface area contributed by atoms with E-state index in [1.165, 1.54) is 0 Å². The highest BCUT2D eigenvalue weighted by Gasteiger charge is 2.64. The lowest BCUT2D eigenvalue weighted by molar-refractivity contribution is -0.278. The molecule has 0 unspecified atom stereocenters. The van der Waals surface area contributed by atoms with E-state index in [4.69, 9.17) is 0 Å². The molecule has 0 atom stereocenters. The van der Waals surface area contributed by atoms with Crippen LogP contribution in [0.2, 0.25) is 0 Å². The van der Waals surface area contributed by atoms with Crippen LogP contribution in [0.1, 0.15) is 6.92 Å². The van der Waals surface area contributed by atoms with E-state index in [2.05, 4.69) is 0 Å². The van der Waals surface area contributed by atoms with Gasteiger partial charge in [-0.25, -0.2) is 4.39 Å². The highest BCUT2D eigenvalue weighted by Crippen LogP contribution is 2.42. The van der Waals surface area contributed by atoms with Crippen molar-refractivity contribution < 1.29 is 26.3 Å². The predicted molar refractivity (Wildman–Crippen MR) is 28.8 cm³/mol. The smallest absolute Gasteiger partial charge is 0.217 e. The molecule has 6 heteroatoms. The molecule has 0 saturated heterocycles. The monoisotopic (exact) mass is 189 g/mol. The van der Waals surface area contributed by atoms with E-state index >= 15 is 0 Å². The SMILES string of the molecule is CC#C[C](F)C(F)(F)C(F)(F)F. The number of halogens is 6. The molecule has 0 nitrogen and oxygen atoms in total. The molecule has 0 fully saturated rings. The molecular weight excluding hydrogens is 186 g/mol. The van der Waals surface area contributed by atoms with Crippen LogP contribution in [0.15, 0.2) is 0 Å². The van der Waals surface area contributed by atoms with E-state index in [1.54, 1.807) is 5.92 Å². The van der Waals surface area contributed by atoms with Crippen molar-refractivity contribution in [1.29, 1.82) is 0 Å². The summed E-state index contributed by atoms with van der Waals surface area (Å²) in [5, 5.41) is 0. The van der Waals surface area contributed by atoms with Crippen molar-refractivity contribution in [3.05, 3.63) is 6.17 Å². The van der Waals surface area contributed by atoms with Crippen LogP contribution >= 0.6 is 0 Å². The van der Waals surface area contributed by atoms with E-state index in [-0.39, 0.29) is 0 Å². The summed E-state index contributed by atoms with van der Waals surface area (Å²) in [7, 11) is 0. The predicted octanol–water partition coefficient (Wildman–Crippen LogP) is 2.71. The largest absolute Gasteiger partial charge is 0.458 e. The zero-order valence-electron chi connectivity index (χ0n) is 5.77. The molecule has 0 aliphatic carbocycles. The average Bonchev–Trinajstić information content (AvgIpc) is 1.85. The molecule has 0 saturated carbocycles. The molecule has 0 bridgehead atoms. The van der Waals surface area contributed by atoms with Gasteiger partial charge in [-0.1, -0.05) is 5.92 Å². The summed E-state index contributed by atoms with van der Waals surface area (Å²) < 4.78 is 69.7. The normalized spacial score (nSPS) is 12.7. The second-order valence-corrected chi connectivity index (χ2v) is 1.76. The fourth-order valence-corrected chi connectivity index (χ4v) is 0.313. The summed E-state index contributed by atoms with van der Waals surface area (Å²) in [6.07, 6.45) is -8.61. The topological polar surface area (TPSA) is 0 Å². The molecule has 0 rings (SSSR count). The second kappa shape index (κ2) is 3.25. The van der Waals surface area contributed by atoms with Gasteiger partial charge in [-0.15, -0.1) is 5.92 Å². The van der Waals surface area contributed by atoms with Gasteiger partial charge in [0.05, 0.1) is 0 Å². The van der Waals surface area contributed by atoms with Crippen LogP contribution in [-0.4, -0.2) is 12.1 Å². The van der Waals surface area contributed by atoms with Crippen LogP contribution in [0.3, 0.4) is 0 Å². The lowest BCUT2D eigenvalue weighted by Gasteiger charge is -2.18. The average molecular weight is 189 g/mol. The Morgan fingerprint density at radius 3 is 1.75 bits per heavy atom. The fourth-order valence-electron chi connectivity index (χ4n) is 0.313. The molecule has 0 aliphatic rings. The summed E-state index contributed by atoms with van der Waals surface area (Å²) in [6, 6.07) is 0. The molecule has 0 aliphatic heterocycles. The molecule has 1 radical (unpaired) electrons. The van der Waals surface area contributed by atoms with Gasteiger partial charge >= 0.3 is 12.1 Å². The molecular formula is C6H3F6. The third-order valence-electron chi connectivity index (χ3n) is 0.866. The van der Waals surface area contributed by atoms with Crippen molar-refractivity contribution in [2.75, 3.05) is 0 Å². The minimum Gasteiger partial charge on any atom is -0.217 e. The molecule has 0 N–H and O–H groups in total. The fraction of sp³-hybridized carbons (Fsp3) is 0.500. The van der Waals surface area contributed by atoms with E-state index < -0.39 is 18.3 Å². The van der Waals surface area contributed by atoms with Crippen molar-refractivity contribution >= 4 is 0 Å². The molecule has 0 spiro atoms. The Labute approximate surface area is 64.6 Å². The first-order valence-corrected chi connectivity index (χ1v) is 2.63. The van der Waals surface area contributed by atoms with E-state index in [0.29, 0.717) is 0 Å². The number of hydrogen-bond acceptors (Lipinski definition) is 0. The van der Waals surface area contributed by atoms with Gasteiger partial charge in [0.15, 0.2) is 0 Å². The van der Waals surface area contributed by atoms with Crippen molar-refractivity contribution in [1.82, 2.24) is 0 Å². The van der Waals surface area contributed by atoms with Crippen LogP contribution in [0.25, 0.3) is 0 Å². The van der Waals surface area contributed by atoms with Gasteiger partial charge in [0, 0.05) is 0 Å². The summed E-state index contributed by atoms with van der Waals surface area (Å²) in [5.41, 5.74) is 0. The van der Waals surface area contributed by atoms with Gasteiger partial charge < -0.3 is 0 Å². The standard InChI is InChI=1S/C6H3F6/c1-2-3-4(7)5(8,9)6(10,11)12/h1H3. The number of hydrogen-bond donors (Lipinski definition) is 0. The Kier molecular flexibility index (Phi) is 3.02. The number of rotatable bonds is 1. The van der Waals surface area contributed by atoms with E-state index in [0.717, 1.165) is 12.8 Å². The zero-order chi connectivity index (χ0) is 9.99. The summed E-state index contributed by atoms with van der Waals surface area (Å²) in [5.74, 6) is -2.85. The minimum atomic E-state index is -5.93. The third kappa shape index (κ3) is 2.06. The molecule has 0 aromatic rings. The molecule has 0 heterocycles. The van der Waals surface area contributed by atoms with Crippen LogP contribution in [-0.2, 0) is 0 Å². The van der Waals surface area contributed by atoms with E-state index in [9.17, 15) is 26.3 Å². The molecule has 0 amide bonds.